The van der Waals surface area contributed by atoms with Gasteiger partial charge in [0.15, 0.2) is 6.61 Å². The maximum Gasteiger partial charge on any atom is 0.375 e. The second-order valence-electron chi connectivity index (χ2n) is 8.05. The number of furan rings is 1. The number of carbonyl (C=O) groups excluding carboxylic acids is 2. The van der Waals surface area contributed by atoms with Gasteiger partial charge in [-0.25, -0.2) is 4.79 Å². The predicted octanol–water partition coefficient (Wildman–Crippen LogP) is 4.16. The number of ether oxygens (including phenoxy) is 2. The highest BCUT2D eigenvalue weighted by molar-refractivity contribution is 5.96. The standard InChI is InChI=1S/C23H29NO5/c1-2-27-14-19-18-9-5-6-10-20(18)29-22(19)23(26)28-15-21(25)24-12-11-16-7-3-4-8-17(16)13-24/h5-6,9-10,16-17H,2-4,7-8,11-15H2,1H3/t16-,17+/m1/s1. The number of hydrogen-bond donors (Lipinski definition) is 0. The molecular weight excluding hydrogens is 370 g/mol. The van der Waals surface area contributed by atoms with Gasteiger partial charge in [-0.15, -0.1) is 0 Å². The molecule has 0 unspecified atom stereocenters. The fourth-order valence-electron chi connectivity index (χ4n) is 4.72. The van der Waals surface area contributed by atoms with Gasteiger partial charge in [0.05, 0.1) is 6.61 Å². The molecular formula is C23H29NO5. The van der Waals surface area contributed by atoms with Gasteiger partial charge in [-0.1, -0.05) is 37.5 Å². The van der Waals surface area contributed by atoms with Crippen LogP contribution in [0.4, 0.5) is 0 Å². The fourth-order valence-corrected chi connectivity index (χ4v) is 4.72. The highest BCUT2D eigenvalue weighted by Gasteiger charge is 2.33. The average molecular weight is 399 g/mol. The van der Waals surface area contributed by atoms with E-state index in [0.29, 0.717) is 23.7 Å². The topological polar surface area (TPSA) is 69.0 Å². The molecule has 1 saturated heterocycles. The second-order valence-corrected chi connectivity index (χ2v) is 8.05. The van der Waals surface area contributed by atoms with Crippen LogP contribution in [0.2, 0.25) is 0 Å². The molecule has 1 aliphatic heterocycles. The number of rotatable bonds is 6. The van der Waals surface area contributed by atoms with Crippen molar-refractivity contribution in [2.45, 2.75) is 45.6 Å². The Labute approximate surface area is 171 Å². The number of carbonyl (C=O) groups is 2. The van der Waals surface area contributed by atoms with Crippen LogP contribution >= 0.6 is 0 Å². The van der Waals surface area contributed by atoms with Crippen LogP contribution in [0, 0.1) is 11.8 Å². The first kappa shape index (κ1) is 20.0. The number of benzene rings is 1. The minimum atomic E-state index is -0.614. The lowest BCUT2D eigenvalue weighted by Crippen LogP contribution is -2.46. The molecule has 0 N–H and O–H groups in total. The molecule has 0 bridgehead atoms. The number of hydrogen-bond acceptors (Lipinski definition) is 5. The molecule has 2 atom stereocenters. The number of para-hydroxylation sites is 1. The molecule has 6 heteroatoms. The van der Waals surface area contributed by atoms with E-state index in [9.17, 15) is 9.59 Å². The van der Waals surface area contributed by atoms with Crippen molar-refractivity contribution in [2.75, 3.05) is 26.3 Å². The van der Waals surface area contributed by atoms with Crippen molar-refractivity contribution in [2.24, 2.45) is 11.8 Å². The molecule has 6 nitrogen and oxygen atoms in total. The van der Waals surface area contributed by atoms with Gasteiger partial charge < -0.3 is 18.8 Å². The number of likely N-dealkylation sites (tertiary alicyclic amines) is 1. The number of fused-ring (bicyclic) bond motifs is 2. The average Bonchev–Trinajstić information content (AvgIpc) is 3.14. The number of esters is 1. The molecule has 2 heterocycles. The summed E-state index contributed by atoms with van der Waals surface area (Å²) in [4.78, 5) is 27.2. The van der Waals surface area contributed by atoms with Crippen LogP contribution in [-0.2, 0) is 20.9 Å². The van der Waals surface area contributed by atoms with Crippen LogP contribution in [0.5, 0.6) is 0 Å². The second kappa shape index (κ2) is 8.99. The molecule has 4 rings (SSSR count). The van der Waals surface area contributed by atoms with Crippen molar-refractivity contribution in [1.82, 2.24) is 4.90 Å². The van der Waals surface area contributed by atoms with E-state index < -0.39 is 5.97 Å². The summed E-state index contributed by atoms with van der Waals surface area (Å²) in [7, 11) is 0. The maximum absolute atomic E-state index is 12.7. The lowest BCUT2D eigenvalue weighted by atomic mass is 9.75. The van der Waals surface area contributed by atoms with Gasteiger partial charge in [0.1, 0.15) is 5.58 Å². The molecule has 2 fully saturated rings. The summed E-state index contributed by atoms with van der Waals surface area (Å²) >= 11 is 0. The largest absolute Gasteiger partial charge is 0.450 e. The fraction of sp³-hybridized carbons (Fsp3) is 0.565. The maximum atomic E-state index is 12.7. The van der Waals surface area contributed by atoms with Crippen molar-refractivity contribution in [3.05, 3.63) is 35.6 Å². The molecule has 1 aromatic heterocycles. The molecule has 2 aromatic rings. The zero-order chi connectivity index (χ0) is 20.2. The van der Waals surface area contributed by atoms with Crippen LogP contribution in [0.3, 0.4) is 0 Å². The third kappa shape index (κ3) is 4.32. The Morgan fingerprint density at radius 1 is 1.14 bits per heavy atom. The molecule has 0 radical (unpaired) electrons. The number of nitrogens with zero attached hydrogens (tertiary/aromatic N) is 1. The van der Waals surface area contributed by atoms with Crippen molar-refractivity contribution in [3.63, 3.8) is 0 Å². The SMILES string of the molecule is CCOCc1c(C(=O)OCC(=O)N2CC[C@H]3CCCC[C@H]3C2)oc2ccccc12. The number of piperidine rings is 1. The molecule has 1 aliphatic carbocycles. The zero-order valence-corrected chi connectivity index (χ0v) is 17.0. The van der Waals surface area contributed by atoms with E-state index in [-0.39, 0.29) is 24.9 Å². The van der Waals surface area contributed by atoms with E-state index in [1.165, 1.54) is 25.7 Å². The Balaban J connectivity index is 1.40. The minimum Gasteiger partial charge on any atom is -0.450 e. The minimum absolute atomic E-state index is 0.121. The van der Waals surface area contributed by atoms with E-state index in [0.717, 1.165) is 30.8 Å². The monoisotopic (exact) mass is 399 g/mol. The van der Waals surface area contributed by atoms with E-state index >= 15 is 0 Å². The van der Waals surface area contributed by atoms with Gasteiger partial charge in [-0.2, -0.15) is 0 Å². The Kier molecular flexibility index (Phi) is 6.19. The van der Waals surface area contributed by atoms with Crippen LogP contribution in [-0.4, -0.2) is 43.1 Å². The summed E-state index contributed by atoms with van der Waals surface area (Å²) in [5.74, 6) is 0.748. The Morgan fingerprint density at radius 2 is 1.93 bits per heavy atom. The van der Waals surface area contributed by atoms with Gasteiger partial charge in [-0.3, -0.25) is 4.79 Å². The summed E-state index contributed by atoms with van der Waals surface area (Å²) in [6.45, 7) is 4.00. The predicted molar refractivity (Wildman–Crippen MR) is 108 cm³/mol. The summed E-state index contributed by atoms with van der Waals surface area (Å²) in [5, 5.41) is 0.832. The van der Waals surface area contributed by atoms with Crippen LogP contribution in [0.15, 0.2) is 28.7 Å². The Bertz CT molecular complexity index is 873. The molecule has 0 spiro atoms. The van der Waals surface area contributed by atoms with Gasteiger partial charge >= 0.3 is 5.97 Å². The first-order chi connectivity index (χ1) is 14.2. The summed E-state index contributed by atoms with van der Waals surface area (Å²) in [5.41, 5.74) is 1.28. The Morgan fingerprint density at radius 3 is 2.76 bits per heavy atom. The Hall–Kier alpha value is -2.34. The van der Waals surface area contributed by atoms with E-state index in [1.807, 2.05) is 30.0 Å². The third-order valence-electron chi connectivity index (χ3n) is 6.30. The zero-order valence-electron chi connectivity index (χ0n) is 17.0. The van der Waals surface area contributed by atoms with Crippen molar-refractivity contribution >= 4 is 22.8 Å². The van der Waals surface area contributed by atoms with Crippen molar-refractivity contribution in [3.8, 4) is 0 Å². The van der Waals surface area contributed by atoms with E-state index in [1.54, 1.807) is 6.07 Å². The lowest BCUT2D eigenvalue weighted by Gasteiger charge is -2.41. The lowest BCUT2D eigenvalue weighted by molar-refractivity contribution is -0.137. The van der Waals surface area contributed by atoms with Gasteiger partial charge in [-0.05, 0) is 37.7 Å². The summed E-state index contributed by atoms with van der Waals surface area (Å²) in [6, 6.07) is 7.44. The van der Waals surface area contributed by atoms with Crippen LogP contribution in [0.1, 0.15) is 55.1 Å². The van der Waals surface area contributed by atoms with Crippen molar-refractivity contribution < 1.29 is 23.5 Å². The first-order valence-corrected chi connectivity index (χ1v) is 10.7. The summed E-state index contributed by atoms with van der Waals surface area (Å²) in [6.07, 6.45) is 6.12. The first-order valence-electron chi connectivity index (χ1n) is 10.7. The van der Waals surface area contributed by atoms with Crippen LogP contribution < -0.4 is 0 Å². The van der Waals surface area contributed by atoms with Crippen molar-refractivity contribution in [1.29, 1.82) is 0 Å². The van der Waals surface area contributed by atoms with E-state index in [2.05, 4.69) is 0 Å². The quantitative estimate of drug-likeness (QED) is 0.682. The van der Waals surface area contributed by atoms with Gasteiger partial charge in [0, 0.05) is 30.6 Å². The third-order valence-corrected chi connectivity index (χ3v) is 6.30. The van der Waals surface area contributed by atoms with Gasteiger partial charge in [0.25, 0.3) is 5.91 Å². The molecule has 2 aliphatic rings. The summed E-state index contributed by atoms with van der Waals surface area (Å²) < 4.78 is 16.6. The normalized spacial score (nSPS) is 21.8. The van der Waals surface area contributed by atoms with Crippen LogP contribution in [0.25, 0.3) is 11.0 Å². The smallest absolute Gasteiger partial charge is 0.375 e. The molecule has 156 valence electrons. The molecule has 29 heavy (non-hydrogen) atoms. The number of amides is 1. The molecule has 1 saturated carbocycles. The molecule has 1 aromatic carbocycles. The highest BCUT2D eigenvalue weighted by Crippen LogP contribution is 2.36. The molecule has 1 amide bonds. The van der Waals surface area contributed by atoms with E-state index in [4.69, 9.17) is 13.9 Å². The van der Waals surface area contributed by atoms with Gasteiger partial charge in [0.2, 0.25) is 5.76 Å². The highest BCUT2D eigenvalue weighted by atomic mass is 16.5.